The van der Waals surface area contributed by atoms with Crippen LogP contribution in [0.2, 0.25) is 0 Å². The van der Waals surface area contributed by atoms with E-state index in [2.05, 4.69) is 5.32 Å². The fourth-order valence-electron chi connectivity index (χ4n) is 1.97. The average molecular weight is 327 g/mol. The quantitative estimate of drug-likeness (QED) is 0.285. The standard InChI is InChI=1S/C17H17N3O4/c1-24-15-10-11(7-8-14(15)21)9-13(17(23)20-18)19-16(22)12-5-3-2-4-6-12/h2-10,21H,18H2,1H3,(H,19,22)(H,20,23). The molecular formula is C17H17N3O4. The molecule has 0 bridgehead atoms. The molecule has 0 aliphatic rings. The number of carbonyl (C=O) groups excluding carboxylic acids is 2. The third kappa shape index (κ3) is 4.11. The summed E-state index contributed by atoms with van der Waals surface area (Å²) >= 11 is 0. The third-order valence-corrected chi connectivity index (χ3v) is 3.17. The van der Waals surface area contributed by atoms with Gasteiger partial charge in [-0.3, -0.25) is 15.0 Å². The molecule has 5 N–H and O–H groups in total. The van der Waals surface area contributed by atoms with Crippen LogP contribution in [0, 0.1) is 0 Å². The molecule has 0 atom stereocenters. The van der Waals surface area contributed by atoms with Gasteiger partial charge in [0.25, 0.3) is 11.8 Å². The minimum atomic E-state index is -0.661. The summed E-state index contributed by atoms with van der Waals surface area (Å²) in [4.78, 5) is 24.1. The predicted octanol–water partition coefficient (Wildman–Crippen LogP) is 1.16. The minimum Gasteiger partial charge on any atom is -0.504 e. The third-order valence-electron chi connectivity index (χ3n) is 3.17. The molecule has 0 saturated carbocycles. The summed E-state index contributed by atoms with van der Waals surface area (Å²) in [5.74, 6) is 4.26. The van der Waals surface area contributed by atoms with Gasteiger partial charge in [-0.1, -0.05) is 24.3 Å². The number of amides is 2. The first-order chi connectivity index (χ1) is 11.5. The molecule has 0 saturated heterocycles. The van der Waals surface area contributed by atoms with Crippen molar-refractivity contribution in [2.45, 2.75) is 0 Å². The van der Waals surface area contributed by atoms with Crippen LogP contribution in [0.25, 0.3) is 6.08 Å². The van der Waals surface area contributed by atoms with E-state index in [1.807, 2.05) is 5.43 Å². The van der Waals surface area contributed by atoms with E-state index in [0.717, 1.165) is 0 Å². The zero-order valence-electron chi connectivity index (χ0n) is 12.9. The Kier molecular flexibility index (Phi) is 5.54. The lowest BCUT2D eigenvalue weighted by atomic mass is 10.1. The van der Waals surface area contributed by atoms with Gasteiger partial charge in [0.2, 0.25) is 0 Å². The second-order valence-electron chi connectivity index (χ2n) is 4.78. The largest absolute Gasteiger partial charge is 0.504 e. The van der Waals surface area contributed by atoms with Gasteiger partial charge in [0.1, 0.15) is 5.70 Å². The SMILES string of the molecule is COc1cc(C=C(NC(=O)c2ccccc2)C(=O)NN)ccc1O. The Morgan fingerprint density at radius 1 is 1.17 bits per heavy atom. The van der Waals surface area contributed by atoms with Gasteiger partial charge in [-0.2, -0.15) is 0 Å². The van der Waals surface area contributed by atoms with E-state index in [1.54, 1.807) is 36.4 Å². The summed E-state index contributed by atoms with van der Waals surface area (Å²) < 4.78 is 5.01. The van der Waals surface area contributed by atoms with E-state index in [0.29, 0.717) is 11.1 Å². The van der Waals surface area contributed by atoms with Gasteiger partial charge >= 0.3 is 0 Å². The first-order valence-corrected chi connectivity index (χ1v) is 7.01. The lowest BCUT2D eigenvalue weighted by Crippen LogP contribution is -2.38. The molecule has 0 aliphatic heterocycles. The van der Waals surface area contributed by atoms with Gasteiger partial charge in [-0.05, 0) is 35.9 Å². The number of benzene rings is 2. The van der Waals surface area contributed by atoms with Gasteiger partial charge in [0, 0.05) is 5.56 Å². The van der Waals surface area contributed by atoms with Gasteiger partial charge in [-0.25, -0.2) is 5.84 Å². The molecular weight excluding hydrogens is 310 g/mol. The van der Waals surface area contributed by atoms with E-state index < -0.39 is 11.8 Å². The maximum Gasteiger partial charge on any atom is 0.281 e. The molecule has 0 unspecified atom stereocenters. The molecule has 2 aromatic carbocycles. The fraction of sp³-hybridized carbons (Fsp3) is 0.0588. The maximum absolute atomic E-state index is 12.2. The summed E-state index contributed by atoms with van der Waals surface area (Å²) in [6, 6.07) is 13.0. The molecule has 0 radical (unpaired) electrons. The molecule has 2 aromatic rings. The van der Waals surface area contributed by atoms with E-state index >= 15 is 0 Å². The summed E-state index contributed by atoms with van der Waals surface area (Å²) in [6.07, 6.45) is 1.42. The van der Waals surface area contributed by atoms with E-state index in [9.17, 15) is 14.7 Å². The molecule has 2 rings (SSSR count). The molecule has 7 nitrogen and oxygen atoms in total. The van der Waals surface area contributed by atoms with Crippen LogP contribution in [0.4, 0.5) is 0 Å². The topological polar surface area (TPSA) is 114 Å². The molecule has 124 valence electrons. The smallest absolute Gasteiger partial charge is 0.281 e. The number of nitrogens with one attached hydrogen (secondary N) is 2. The second-order valence-corrected chi connectivity index (χ2v) is 4.78. The molecule has 0 spiro atoms. The molecule has 2 amide bonds. The average Bonchev–Trinajstić information content (AvgIpc) is 2.62. The highest BCUT2D eigenvalue weighted by Gasteiger charge is 2.14. The highest BCUT2D eigenvalue weighted by Crippen LogP contribution is 2.27. The van der Waals surface area contributed by atoms with Crippen molar-refractivity contribution in [3.63, 3.8) is 0 Å². The summed E-state index contributed by atoms with van der Waals surface area (Å²) in [6.45, 7) is 0. The van der Waals surface area contributed by atoms with Crippen LogP contribution in [0.5, 0.6) is 11.5 Å². The number of carbonyl (C=O) groups is 2. The summed E-state index contributed by atoms with van der Waals surface area (Å²) in [7, 11) is 1.41. The number of methoxy groups -OCH3 is 1. The fourth-order valence-corrected chi connectivity index (χ4v) is 1.97. The van der Waals surface area contributed by atoms with Crippen LogP contribution in [-0.4, -0.2) is 24.0 Å². The Morgan fingerprint density at radius 2 is 1.88 bits per heavy atom. The number of ether oxygens (including phenoxy) is 1. The van der Waals surface area contributed by atoms with E-state index in [1.165, 1.54) is 25.3 Å². The van der Waals surface area contributed by atoms with E-state index in [4.69, 9.17) is 10.6 Å². The zero-order valence-corrected chi connectivity index (χ0v) is 12.9. The Hall–Kier alpha value is -3.32. The van der Waals surface area contributed by atoms with Crippen LogP contribution in [0.15, 0.2) is 54.2 Å². The Morgan fingerprint density at radius 3 is 2.50 bits per heavy atom. The molecule has 7 heteroatoms. The maximum atomic E-state index is 12.2. The number of rotatable bonds is 5. The van der Waals surface area contributed by atoms with Crippen LogP contribution < -0.4 is 21.3 Å². The highest BCUT2D eigenvalue weighted by molar-refractivity contribution is 6.05. The zero-order chi connectivity index (χ0) is 17.5. The number of hydrazine groups is 1. The summed E-state index contributed by atoms with van der Waals surface area (Å²) in [5.41, 5.74) is 2.88. The number of nitrogens with two attached hydrogens (primary N) is 1. The molecule has 0 aromatic heterocycles. The number of phenols is 1. The minimum absolute atomic E-state index is 0.0344. The van der Waals surface area contributed by atoms with E-state index in [-0.39, 0.29) is 17.2 Å². The number of hydrogen-bond acceptors (Lipinski definition) is 5. The van der Waals surface area contributed by atoms with Gasteiger partial charge in [-0.15, -0.1) is 0 Å². The van der Waals surface area contributed by atoms with Crippen molar-refractivity contribution in [3.05, 3.63) is 65.4 Å². The molecule has 0 aliphatic carbocycles. The number of hydrogen-bond donors (Lipinski definition) is 4. The number of aromatic hydroxyl groups is 1. The van der Waals surface area contributed by atoms with Crippen molar-refractivity contribution in [2.24, 2.45) is 5.84 Å². The molecule has 24 heavy (non-hydrogen) atoms. The van der Waals surface area contributed by atoms with Crippen molar-refractivity contribution in [3.8, 4) is 11.5 Å². The van der Waals surface area contributed by atoms with Crippen LogP contribution >= 0.6 is 0 Å². The van der Waals surface area contributed by atoms with Gasteiger partial charge in [0.15, 0.2) is 11.5 Å². The van der Waals surface area contributed by atoms with Crippen molar-refractivity contribution in [1.29, 1.82) is 0 Å². The lowest BCUT2D eigenvalue weighted by Gasteiger charge is -2.10. The molecule has 0 fully saturated rings. The van der Waals surface area contributed by atoms with Crippen LogP contribution in [0.3, 0.4) is 0 Å². The highest BCUT2D eigenvalue weighted by atomic mass is 16.5. The Bertz CT molecular complexity index is 773. The first-order valence-electron chi connectivity index (χ1n) is 7.01. The van der Waals surface area contributed by atoms with Crippen LogP contribution in [-0.2, 0) is 4.79 Å². The first kappa shape index (κ1) is 17.0. The summed E-state index contributed by atoms with van der Waals surface area (Å²) in [5, 5.41) is 12.1. The number of phenolic OH excluding ortho intramolecular Hbond substituents is 1. The monoisotopic (exact) mass is 327 g/mol. The second kappa shape index (κ2) is 7.80. The van der Waals surface area contributed by atoms with Crippen molar-refractivity contribution >= 4 is 17.9 Å². The lowest BCUT2D eigenvalue weighted by molar-refractivity contribution is -0.117. The predicted molar refractivity (Wildman–Crippen MR) is 88.9 cm³/mol. The van der Waals surface area contributed by atoms with Gasteiger partial charge in [0.05, 0.1) is 7.11 Å². The van der Waals surface area contributed by atoms with Crippen molar-refractivity contribution in [1.82, 2.24) is 10.7 Å². The van der Waals surface area contributed by atoms with Crippen molar-refractivity contribution < 1.29 is 19.4 Å². The van der Waals surface area contributed by atoms with Gasteiger partial charge < -0.3 is 15.2 Å². The Labute approximate surface area is 138 Å². The molecule has 0 heterocycles. The normalized spacial score (nSPS) is 10.8. The van der Waals surface area contributed by atoms with Crippen molar-refractivity contribution in [2.75, 3.05) is 7.11 Å². The Balaban J connectivity index is 2.31. The van der Waals surface area contributed by atoms with Crippen LogP contribution in [0.1, 0.15) is 15.9 Å².